The molecule has 20 heavy (non-hydrogen) atoms. The molecule has 2 rings (SSSR count). The lowest BCUT2D eigenvalue weighted by Crippen LogP contribution is -2.52. The number of carbonyl (C=O) groups excluding carboxylic acids is 1. The Morgan fingerprint density at radius 3 is 2.75 bits per heavy atom. The number of likely N-dealkylation sites (tertiary alicyclic amines) is 1. The number of nitrogens with two attached hydrogens (primary N) is 1. The van der Waals surface area contributed by atoms with Gasteiger partial charge >= 0.3 is 0 Å². The first kappa shape index (κ1) is 15.4. The molecular formula is C14H24N4OS. The summed E-state index contributed by atoms with van der Waals surface area (Å²) in [5, 5.41) is 4.17. The zero-order valence-corrected chi connectivity index (χ0v) is 13.5. The maximum atomic E-state index is 12.9. The molecule has 0 aliphatic carbocycles. The van der Waals surface area contributed by atoms with E-state index in [1.807, 2.05) is 4.90 Å². The van der Waals surface area contributed by atoms with Crippen molar-refractivity contribution in [2.24, 2.45) is 5.73 Å². The van der Waals surface area contributed by atoms with E-state index in [2.05, 4.69) is 37.3 Å². The third kappa shape index (κ3) is 2.86. The smallest absolute Gasteiger partial charge is 0.268 e. The van der Waals surface area contributed by atoms with Gasteiger partial charge in [0.25, 0.3) is 5.91 Å². The predicted molar refractivity (Wildman–Crippen MR) is 80.9 cm³/mol. The number of hydrogen-bond donors (Lipinski definition) is 1. The Bertz CT molecular complexity index is 480. The van der Waals surface area contributed by atoms with E-state index in [-0.39, 0.29) is 23.4 Å². The van der Waals surface area contributed by atoms with Crippen LogP contribution in [0.3, 0.4) is 0 Å². The Balaban J connectivity index is 2.33. The van der Waals surface area contributed by atoms with E-state index < -0.39 is 0 Å². The van der Waals surface area contributed by atoms with Crippen molar-refractivity contribution in [1.82, 2.24) is 14.5 Å². The summed E-state index contributed by atoms with van der Waals surface area (Å²) in [4.78, 5) is 15.5. The van der Waals surface area contributed by atoms with Crippen LogP contribution in [0.25, 0.3) is 0 Å². The second-order valence-corrected chi connectivity index (χ2v) is 7.34. The summed E-state index contributed by atoms with van der Waals surface area (Å²) in [7, 11) is 0. The van der Waals surface area contributed by atoms with Crippen LogP contribution >= 0.6 is 11.5 Å². The van der Waals surface area contributed by atoms with Gasteiger partial charge in [0.05, 0.1) is 5.69 Å². The molecule has 2 N–H and O–H groups in total. The van der Waals surface area contributed by atoms with Crippen molar-refractivity contribution in [3.05, 3.63) is 10.6 Å². The molecule has 6 heteroatoms. The van der Waals surface area contributed by atoms with Crippen LogP contribution in [0.4, 0.5) is 0 Å². The van der Waals surface area contributed by atoms with Crippen molar-refractivity contribution in [2.45, 2.75) is 64.5 Å². The lowest BCUT2D eigenvalue weighted by Gasteiger charge is -2.40. The van der Waals surface area contributed by atoms with E-state index >= 15 is 0 Å². The summed E-state index contributed by atoms with van der Waals surface area (Å²) in [5.41, 5.74) is 6.47. The van der Waals surface area contributed by atoms with Crippen LogP contribution in [0.2, 0.25) is 0 Å². The molecule has 0 bridgehead atoms. The highest BCUT2D eigenvalue weighted by Crippen LogP contribution is 2.30. The minimum atomic E-state index is -0.171. The molecule has 1 aliphatic rings. The van der Waals surface area contributed by atoms with E-state index in [9.17, 15) is 4.79 Å². The Labute approximate surface area is 124 Å². The predicted octanol–water partition coefficient (Wildman–Crippen LogP) is 2.18. The van der Waals surface area contributed by atoms with E-state index in [0.717, 1.165) is 25.0 Å². The minimum absolute atomic E-state index is 0.0487. The molecule has 1 aliphatic heterocycles. The first-order chi connectivity index (χ1) is 9.36. The van der Waals surface area contributed by atoms with Gasteiger partial charge in [0.1, 0.15) is 4.88 Å². The lowest BCUT2D eigenvalue weighted by atomic mass is 9.90. The van der Waals surface area contributed by atoms with Gasteiger partial charge in [-0.1, -0.05) is 25.3 Å². The Kier molecular flexibility index (Phi) is 4.44. The number of rotatable bonds is 2. The highest BCUT2D eigenvalue weighted by molar-refractivity contribution is 7.08. The zero-order chi connectivity index (χ0) is 14.9. The van der Waals surface area contributed by atoms with Crippen molar-refractivity contribution in [3.63, 3.8) is 0 Å². The zero-order valence-electron chi connectivity index (χ0n) is 12.7. The van der Waals surface area contributed by atoms with Gasteiger partial charge in [0.2, 0.25) is 0 Å². The highest BCUT2D eigenvalue weighted by Gasteiger charge is 2.35. The third-order valence-corrected chi connectivity index (χ3v) is 4.64. The summed E-state index contributed by atoms with van der Waals surface area (Å²) < 4.78 is 3.99. The van der Waals surface area contributed by atoms with Crippen molar-refractivity contribution < 1.29 is 4.79 Å². The molecule has 2 unspecified atom stereocenters. The normalized spacial score (nSPS) is 23.9. The average Bonchev–Trinajstić information content (AvgIpc) is 2.86. The van der Waals surface area contributed by atoms with Gasteiger partial charge in [-0.3, -0.25) is 4.79 Å². The number of piperidine rings is 1. The molecular weight excluding hydrogens is 272 g/mol. The summed E-state index contributed by atoms with van der Waals surface area (Å²) in [5.74, 6) is 0.0487. The van der Waals surface area contributed by atoms with Crippen molar-refractivity contribution >= 4 is 17.4 Å². The van der Waals surface area contributed by atoms with Crippen LogP contribution in [-0.4, -0.2) is 39.0 Å². The fourth-order valence-corrected chi connectivity index (χ4v) is 3.64. The maximum Gasteiger partial charge on any atom is 0.268 e. The minimum Gasteiger partial charge on any atom is -0.331 e. The molecule has 0 spiro atoms. The number of hydrogen-bond acceptors (Lipinski definition) is 5. The molecule has 1 aromatic heterocycles. The van der Waals surface area contributed by atoms with E-state index in [4.69, 9.17) is 5.73 Å². The van der Waals surface area contributed by atoms with Gasteiger partial charge < -0.3 is 10.6 Å². The molecule has 1 amide bonds. The fourth-order valence-electron chi connectivity index (χ4n) is 2.82. The first-order valence-electron chi connectivity index (χ1n) is 7.21. The van der Waals surface area contributed by atoms with Crippen LogP contribution in [0, 0.1) is 0 Å². The van der Waals surface area contributed by atoms with Gasteiger partial charge in [0, 0.05) is 24.0 Å². The molecule has 1 fully saturated rings. The maximum absolute atomic E-state index is 12.9. The fraction of sp³-hybridized carbons (Fsp3) is 0.786. The average molecular weight is 296 g/mol. The summed E-state index contributed by atoms with van der Waals surface area (Å²) in [6.45, 7) is 8.79. The Hall–Kier alpha value is -1.01. The second kappa shape index (κ2) is 5.77. The molecule has 0 radical (unpaired) electrons. The van der Waals surface area contributed by atoms with Crippen molar-refractivity contribution in [2.75, 3.05) is 6.54 Å². The standard InChI is InChI=1S/C14H24N4OS/c1-9-6-5-7-10(8-15)18(9)13(19)11-12(14(2,3)4)16-17-20-11/h9-10H,5-8,15H2,1-4H3. The molecule has 0 saturated carbocycles. The van der Waals surface area contributed by atoms with Gasteiger partial charge in [-0.15, -0.1) is 5.10 Å². The van der Waals surface area contributed by atoms with Crippen molar-refractivity contribution in [3.8, 4) is 0 Å². The Morgan fingerprint density at radius 1 is 1.45 bits per heavy atom. The van der Waals surface area contributed by atoms with Crippen LogP contribution < -0.4 is 5.73 Å². The molecule has 0 aromatic carbocycles. The van der Waals surface area contributed by atoms with Gasteiger partial charge in [0.15, 0.2) is 0 Å². The van der Waals surface area contributed by atoms with Gasteiger partial charge in [-0.05, 0) is 37.7 Å². The van der Waals surface area contributed by atoms with Crippen LogP contribution in [0.15, 0.2) is 0 Å². The molecule has 5 nitrogen and oxygen atoms in total. The second-order valence-electron chi connectivity index (χ2n) is 6.58. The van der Waals surface area contributed by atoms with Crippen LogP contribution in [0.1, 0.15) is 62.3 Å². The molecule has 2 heterocycles. The Morgan fingerprint density at radius 2 is 2.15 bits per heavy atom. The molecule has 1 aromatic rings. The van der Waals surface area contributed by atoms with Crippen LogP contribution in [0.5, 0.6) is 0 Å². The van der Waals surface area contributed by atoms with E-state index in [0.29, 0.717) is 11.4 Å². The topological polar surface area (TPSA) is 72.1 Å². The molecule has 1 saturated heterocycles. The van der Waals surface area contributed by atoms with E-state index in [1.54, 1.807) is 0 Å². The SMILES string of the molecule is CC1CCCC(CN)N1C(=O)c1snnc1C(C)(C)C. The highest BCUT2D eigenvalue weighted by atomic mass is 32.1. The molecule has 2 atom stereocenters. The summed E-state index contributed by atoms with van der Waals surface area (Å²) in [6.07, 6.45) is 3.17. The monoisotopic (exact) mass is 296 g/mol. The number of amides is 1. The summed E-state index contributed by atoms with van der Waals surface area (Å²) >= 11 is 1.20. The van der Waals surface area contributed by atoms with Crippen molar-refractivity contribution in [1.29, 1.82) is 0 Å². The number of aromatic nitrogens is 2. The third-order valence-electron chi connectivity index (χ3n) is 3.93. The largest absolute Gasteiger partial charge is 0.331 e. The quantitative estimate of drug-likeness (QED) is 0.908. The summed E-state index contributed by atoms with van der Waals surface area (Å²) in [6, 6.07) is 0.376. The van der Waals surface area contributed by atoms with Crippen LogP contribution in [-0.2, 0) is 5.41 Å². The lowest BCUT2D eigenvalue weighted by molar-refractivity contribution is 0.0496. The number of nitrogens with zero attached hydrogens (tertiary/aromatic N) is 3. The number of carbonyl (C=O) groups is 1. The first-order valence-corrected chi connectivity index (χ1v) is 7.99. The van der Waals surface area contributed by atoms with Gasteiger partial charge in [-0.2, -0.15) is 0 Å². The van der Waals surface area contributed by atoms with Gasteiger partial charge in [-0.25, -0.2) is 0 Å². The molecule has 112 valence electrons. The van der Waals surface area contributed by atoms with E-state index in [1.165, 1.54) is 11.5 Å².